The van der Waals surface area contributed by atoms with E-state index < -0.39 is 0 Å². The maximum Gasteiger partial charge on any atom is 0.164 e. The summed E-state index contributed by atoms with van der Waals surface area (Å²) in [6, 6.07) is 67.4. The first-order valence-corrected chi connectivity index (χ1v) is 20.5. The lowest BCUT2D eigenvalue weighted by Gasteiger charge is -2.15. The van der Waals surface area contributed by atoms with E-state index >= 15 is 0 Å². The molecule has 0 N–H and O–H groups in total. The lowest BCUT2D eigenvalue weighted by molar-refractivity contribution is 1.08. The van der Waals surface area contributed by atoms with Gasteiger partial charge in [0.2, 0.25) is 0 Å². The number of hydrogen-bond acceptors (Lipinski definition) is 3. The predicted octanol–water partition coefficient (Wildman–Crippen LogP) is 14.0. The van der Waals surface area contributed by atoms with Gasteiger partial charge in [0.15, 0.2) is 17.5 Å². The Labute approximate surface area is 343 Å². The van der Waals surface area contributed by atoms with Gasteiger partial charge in [0.1, 0.15) is 0 Å². The van der Waals surface area contributed by atoms with Gasteiger partial charge in [-0.05, 0) is 52.2 Å². The van der Waals surface area contributed by atoms with Crippen LogP contribution in [0.3, 0.4) is 0 Å². The molecule has 14 rings (SSSR count). The van der Waals surface area contributed by atoms with Gasteiger partial charge in [-0.3, -0.25) is 0 Å². The Hall–Kier alpha value is -8.15. The molecule has 5 heterocycles. The number of aromatic nitrogens is 5. The molecule has 0 aliphatic heterocycles. The zero-order chi connectivity index (χ0) is 39.1. The summed E-state index contributed by atoms with van der Waals surface area (Å²) < 4.78 is 5.05. The van der Waals surface area contributed by atoms with E-state index in [9.17, 15) is 0 Å². The third-order valence-electron chi connectivity index (χ3n) is 12.8. The molecular weight excluding hydrogens is 731 g/mol. The topological polar surface area (TPSA) is 48.0 Å². The van der Waals surface area contributed by atoms with E-state index in [-0.39, 0.29) is 0 Å². The highest BCUT2D eigenvalue weighted by Gasteiger charge is 2.27. The number of rotatable bonds is 5. The zero-order valence-corrected chi connectivity index (χ0v) is 32.1. The van der Waals surface area contributed by atoms with Crippen molar-refractivity contribution < 1.29 is 0 Å². The van der Waals surface area contributed by atoms with Crippen LogP contribution >= 0.6 is 0 Å². The van der Waals surface area contributed by atoms with Crippen molar-refractivity contribution in [1.82, 2.24) is 23.9 Å². The second-order valence-corrected chi connectivity index (χ2v) is 15.9. The van der Waals surface area contributed by atoms with Crippen molar-refractivity contribution in [2.45, 2.75) is 0 Å². The Morgan fingerprint density at radius 3 is 1.57 bits per heavy atom. The fraction of sp³-hybridized carbons (Fsp3) is 0. The average molecular weight is 762 g/mol. The Balaban J connectivity index is 1.04. The molecule has 9 aromatic carbocycles. The molecule has 0 fully saturated rings. The predicted molar refractivity (Wildman–Crippen MR) is 248 cm³/mol. The summed E-state index contributed by atoms with van der Waals surface area (Å²) >= 11 is 0. The number of benzene rings is 9. The van der Waals surface area contributed by atoms with Gasteiger partial charge in [-0.1, -0.05) is 158 Å². The van der Waals surface area contributed by atoms with Crippen molar-refractivity contribution in [2.75, 3.05) is 0 Å². The lowest BCUT2D eigenvalue weighted by Crippen LogP contribution is -2.02. The molecule has 0 amide bonds. The van der Waals surface area contributed by atoms with Crippen molar-refractivity contribution in [3.05, 3.63) is 188 Å². The molecule has 276 valence electrons. The molecule has 0 spiro atoms. The van der Waals surface area contributed by atoms with Crippen LogP contribution < -0.4 is 0 Å². The summed E-state index contributed by atoms with van der Waals surface area (Å²) in [5.74, 6) is 1.91. The molecular formula is C55H31N5. The Morgan fingerprint density at radius 1 is 0.300 bits per heavy atom. The zero-order valence-electron chi connectivity index (χ0n) is 32.1. The molecule has 0 radical (unpaired) electrons. The van der Waals surface area contributed by atoms with E-state index in [4.69, 9.17) is 15.0 Å². The second-order valence-electron chi connectivity index (χ2n) is 15.9. The summed E-state index contributed by atoms with van der Waals surface area (Å²) in [4.78, 5) is 15.5. The maximum absolute atomic E-state index is 5.25. The van der Waals surface area contributed by atoms with Crippen LogP contribution in [0.5, 0.6) is 0 Å². The van der Waals surface area contributed by atoms with E-state index in [0.717, 1.165) is 44.3 Å². The van der Waals surface area contributed by atoms with Gasteiger partial charge in [0, 0.05) is 59.8 Å². The van der Waals surface area contributed by atoms with Crippen LogP contribution in [-0.4, -0.2) is 23.9 Å². The molecule has 60 heavy (non-hydrogen) atoms. The van der Waals surface area contributed by atoms with Gasteiger partial charge >= 0.3 is 0 Å². The molecule has 5 nitrogen and oxygen atoms in total. The number of nitrogens with zero attached hydrogens (tertiary/aromatic N) is 5. The first-order valence-electron chi connectivity index (χ1n) is 20.5. The second kappa shape index (κ2) is 11.7. The molecule has 0 atom stereocenters. The van der Waals surface area contributed by atoms with E-state index in [1.165, 1.54) is 70.7 Å². The molecule has 0 aliphatic rings. The van der Waals surface area contributed by atoms with Gasteiger partial charge in [-0.25, -0.2) is 15.0 Å². The molecule has 0 saturated carbocycles. The van der Waals surface area contributed by atoms with Crippen molar-refractivity contribution in [3.8, 4) is 51.0 Å². The first-order chi connectivity index (χ1) is 29.8. The quantitative estimate of drug-likeness (QED) is 0.175. The highest BCUT2D eigenvalue weighted by molar-refractivity contribution is 6.38. The average Bonchev–Trinajstić information content (AvgIpc) is 3.94. The number of hydrogen-bond donors (Lipinski definition) is 0. The smallest absolute Gasteiger partial charge is 0.164 e. The maximum atomic E-state index is 5.25. The van der Waals surface area contributed by atoms with Crippen LogP contribution in [0.2, 0.25) is 0 Å². The van der Waals surface area contributed by atoms with Crippen molar-refractivity contribution >= 4 is 81.4 Å². The van der Waals surface area contributed by atoms with Crippen LogP contribution in [-0.2, 0) is 0 Å². The van der Waals surface area contributed by atoms with E-state index in [1.54, 1.807) is 0 Å². The minimum atomic E-state index is 0.637. The van der Waals surface area contributed by atoms with Gasteiger partial charge in [-0.2, -0.15) is 0 Å². The van der Waals surface area contributed by atoms with Gasteiger partial charge in [0.25, 0.3) is 0 Å². The van der Waals surface area contributed by atoms with E-state index in [1.807, 2.05) is 24.3 Å². The Bertz CT molecular complexity index is 3990. The first kappa shape index (κ1) is 31.9. The summed E-state index contributed by atoms with van der Waals surface area (Å²) in [5.41, 5.74) is 12.5. The van der Waals surface area contributed by atoms with Crippen LogP contribution in [0, 0.1) is 0 Å². The van der Waals surface area contributed by atoms with Crippen LogP contribution in [0.4, 0.5) is 0 Å². The fourth-order valence-corrected chi connectivity index (χ4v) is 10.3. The van der Waals surface area contributed by atoms with Gasteiger partial charge < -0.3 is 8.97 Å². The largest absolute Gasteiger partial charge is 0.309 e. The van der Waals surface area contributed by atoms with Crippen LogP contribution in [0.1, 0.15) is 0 Å². The molecule has 5 heteroatoms. The molecule has 0 bridgehead atoms. The molecule has 0 unspecified atom stereocenters. The number of para-hydroxylation sites is 2. The SMILES string of the molecule is c1ccc(-c2cccc(-c3nc(-c4ccccc4)nc(-c4ccc(-n5c6cccc7c8cccc9c%10cccc%11c%12ccc5c(c76)c%12n(c89)c%10%11)c5ccccc45)n3)c2)cc1. The number of fused-ring (bicyclic) bond motifs is 4. The monoisotopic (exact) mass is 761 g/mol. The molecule has 5 aromatic heterocycles. The van der Waals surface area contributed by atoms with Gasteiger partial charge in [-0.15, -0.1) is 0 Å². The lowest BCUT2D eigenvalue weighted by atomic mass is 10.0. The molecule has 14 aromatic rings. The minimum absolute atomic E-state index is 0.637. The summed E-state index contributed by atoms with van der Waals surface area (Å²) in [7, 11) is 0. The van der Waals surface area contributed by atoms with Gasteiger partial charge in [0.05, 0.1) is 33.3 Å². The van der Waals surface area contributed by atoms with Crippen LogP contribution in [0.15, 0.2) is 188 Å². The molecule has 0 aliphatic carbocycles. The Kier molecular flexibility index (Phi) is 6.23. The highest BCUT2D eigenvalue weighted by Crippen LogP contribution is 2.49. The summed E-state index contributed by atoms with van der Waals surface area (Å²) in [5, 5.41) is 12.6. The van der Waals surface area contributed by atoms with E-state index in [0.29, 0.717) is 17.5 Å². The molecule has 0 saturated heterocycles. The van der Waals surface area contributed by atoms with Crippen molar-refractivity contribution in [2.24, 2.45) is 0 Å². The minimum Gasteiger partial charge on any atom is -0.309 e. The van der Waals surface area contributed by atoms with Crippen molar-refractivity contribution in [3.63, 3.8) is 0 Å². The third kappa shape index (κ3) is 4.17. The highest BCUT2D eigenvalue weighted by atomic mass is 15.0. The third-order valence-corrected chi connectivity index (χ3v) is 12.8. The summed E-state index contributed by atoms with van der Waals surface area (Å²) in [6.45, 7) is 0. The normalized spacial score (nSPS) is 12.3. The Morgan fingerprint density at radius 2 is 0.817 bits per heavy atom. The summed E-state index contributed by atoms with van der Waals surface area (Å²) in [6.07, 6.45) is 0. The fourth-order valence-electron chi connectivity index (χ4n) is 10.3. The van der Waals surface area contributed by atoms with Crippen molar-refractivity contribution in [1.29, 1.82) is 0 Å². The van der Waals surface area contributed by atoms with Crippen LogP contribution in [0.25, 0.3) is 132 Å². The van der Waals surface area contributed by atoms with E-state index in [2.05, 4.69) is 173 Å². The standard InChI is InChI=1S/C55H31N5/c1-3-13-32(14-4-1)34-17-9-18-35(31-34)54-56-53(33-15-5-2-6-16-33)57-55(58-54)44-28-29-45(37-20-8-7-19-36(37)44)59-46-26-12-21-38-39-22-10-23-40-41-24-11-25-42-43-27-30-47(59)49(48(38)46)52(43)60(50(39)40)51(41)42/h1-31H.